The smallest absolute Gasteiger partial charge is 0.179 e. The van der Waals surface area contributed by atoms with E-state index >= 15 is 0 Å². The third-order valence-corrected chi connectivity index (χ3v) is 5.40. The molecule has 4 aromatic heterocycles. The van der Waals surface area contributed by atoms with Crippen LogP contribution in [0, 0.1) is 23.1 Å². The van der Waals surface area contributed by atoms with Gasteiger partial charge in [0, 0.05) is 18.3 Å². The van der Waals surface area contributed by atoms with Gasteiger partial charge in [0.05, 0.1) is 23.0 Å². The van der Waals surface area contributed by atoms with Gasteiger partial charge in [-0.3, -0.25) is 9.38 Å². The van der Waals surface area contributed by atoms with Gasteiger partial charge < -0.3 is 4.98 Å². The molecule has 7 nitrogen and oxygen atoms in total. The van der Waals surface area contributed by atoms with Crippen LogP contribution in [0.5, 0.6) is 0 Å². The van der Waals surface area contributed by atoms with Crippen molar-refractivity contribution in [2.45, 2.75) is 31.6 Å². The Bertz CT molecular complexity index is 1190. The lowest BCUT2D eigenvalue weighted by Crippen LogP contribution is -2.06. The number of fused-ring (bicyclic) bond motifs is 3. The van der Waals surface area contributed by atoms with E-state index < -0.39 is 5.82 Å². The fourth-order valence-corrected chi connectivity index (χ4v) is 4.11. The van der Waals surface area contributed by atoms with Crippen LogP contribution < -0.4 is 0 Å². The van der Waals surface area contributed by atoms with Crippen LogP contribution in [0.4, 0.5) is 4.39 Å². The summed E-state index contributed by atoms with van der Waals surface area (Å²) < 4.78 is 16.2. The number of aromatic amines is 1. The molecule has 5 rings (SSSR count). The molecule has 0 spiro atoms. The zero-order valence-electron chi connectivity index (χ0n) is 14.4. The van der Waals surface area contributed by atoms with E-state index in [4.69, 9.17) is 5.26 Å². The number of hydrogen-bond acceptors (Lipinski definition) is 5. The fraction of sp³-hybridized carbons (Fsp3) is 0.316. The van der Waals surface area contributed by atoms with Crippen LogP contribution in [0.3, 0.4) is 0 Å². The van der Waals surface area contributed by atoms with Crippen LogP contribution in [-0.4, -0.2) is 29.5 Å². The average Bonchev–Trinajstić information content (AvgIpc) is 3.41. The van der Waals surface area contributed by atoms with Crippen LogP contribution in [-0.2, 0) is 6.42 Å². The molecule has 1 aliphatic carbocycles. The number of halogens is 1. The molecule has 4 heterocycles. The first-order valence-electron chi connectivity index (χ1n) is 8.94. The van der Waals surface area contributed by atoms with E-state index in [1.54, 1.807) is 6.20 Å². The Morgan fingerprint density at radius 1 is 1.26 bits per heavy atom. The SMILES string of the molecule is N#Cc1cnc(C[C@H]2CC[C@@H](c3nnc4cnc5[nH]ccc5n34)C2)c(F)c1. The molecule has 27 heavy (non-hydrogen) atoms. The Labute approximate surface area is 153 Å². The minimum Gasteiger partial charge on any atom is -0.345 e. The number of rotatable bonds is 3. The summed E-state index contributed by atoms with van der Waals surface area (Å²) in [5.41, 5.74) is 3.20. The largest absolute Gasteiger partial charge is 0.345 e. The molecule has 0 aliphatic heterocycles. The number of hydrogen-bond donors (Lipinski definition) is 1. The minimum absolute atomic E-state index is 0.250. The predicted octanol–water partition coefficient (Wildman–Crippen LogP) is 3.14. The van der Waals surface area contributed by atoms with Crippen molar-refractivity contribution in [1.82, 2.24) is 29.5 Å². The van der Waals surface area contributed by atoms with Crippen molar-refractivity contribution >= 4 is 16.8 Å². The molecular weight excluding hydrogens is 345 g/mol. The molecule has 1 aliphatic rings. The van der Waals surface area contributed by atoms with Crippen LogP contribution in [0.15, 0.2) is 30.7 Å². The highest BCUT2D eigenvalue weighted by atomic mass is 19.1. The summed E-state index contributed by atoms with van der Waals surface area (Å²) in [5, 5.41) is 17.5. The Balaban J connectivity index is 1.41. The van der Waals surface area contributed by atoms with E-state index in [2.05, 4.69) is 29.5 Å². The molecule has 2 atom stereocenters. The van der Waals surface area contributed by atoms with E-state index in [0.29, 0.717) is 18.0 Å². The number of nitrogens with zero attached hydrogens (tertiary/aromatic N) is 6. The Hall–Kier alpha value is -3.34. The number of aromatic nitrogens is 6. The number of nitriles is 1. The molecule has 134 valence electrons. The first-order chi connectivity index (χ1) is 13.2. The first-order valence-corrected chi connectivity index (χ1v) is 8.94. The molecule has 1 fully saturated rings. The van der Waals surface area contributed by atoms with Crippen molar-refractivity contribution in [3.05, 3.63) is 53.6 Å². The van der Waals surface area contributed by atoms with Crippen molar-refractivity contribution in [1.29, 1.82) is 5.26 Å². The van der Waals surface area contributed by atoms with Crippen molar-refractivity contribution < 1.29 is 4.39 Å². The summed E-state index contributed by atoms with van der Waals surface area (Å²) in [4.78, 5) is 11.6. The highest BCUT2D eigenvalue weighted by molar-refractivity contribution is 5.74. The van der Waals surface area contributed by atoms with Gasteiger partial charge in [0.15, 0.2) is 11.3 Å². The highest BCUT2D eigenvalue weighted by Crippen LogP contribution is 2.39. The van der Waals surface area contributed by atoms with Crippen molar-refractivity contribution in [2.75, 3.05) is 0 Å². The molecule has 4 aromatic rings. The van der Waals surface area contributed by atoms with Crippen LogP contribution in [0.1, 0.15) is 42.3 Å². The van der Waals surface area contributed by atoms with E-state index in [-0.39, 0.29) is 11.5 Å². The lowest BCUT2D eigenvalue weighted by atomic mass is 9.98. The maximum Gasteiger partial charge on any atom is 0.179 e. The van der Waals surface area contributed by atoms with Crippen molar-refractivity contribution in [2.24, 2.45) is 5.92 Å². The Morgan fingerprint density at radius 2 is 2.19 bits per heavy atom. The summed E-state index contributed by atoms with van der Waals surface area (Å²) in [6.07, 6.45) is 8.48. The molecule has 0 saturated heterocycles. The van der Waals surface area contributed by atoms with Gasteiger partial charge in [0.1, 0.15) is 17.7 Å². The quantitative estimate of drug-likeness (QED) is 0.605. The monoisotopic (exact) mass is 361 g/mol. The molecule has 0 unspecified atom stereocenters. The molecule has 0 bridgehead atoms. The highest BCUT2D eigenvalue weighted by Gasteiger charge is 2.30. The third kappa shape index (κ3) is 2.63. The van der Waals surface area contributed by atoms with Crippen LogP contribution in [0.2, 0.25) is 0 Å². The molecular formula is C19H16FN7. The van der Waals surface area contributed by atoms with Gasteiger partial charge in [-0.05, 0) is 43.7 Å². The molecule has 0 aromatic carbocycles. The molecule has 8 heteroatoms. The lowest BCUT2D eigenvalue weighted by Gasteiger charge is -2.11. The van der Waals surface area contributed by atoms with E-state index in [1.807, 2.05) is 18.3 Å². The number of H-pyrrole nitrogens is 1. The first kappa shape index (κ1) is 15.9. The Kier molecular flexibility index (Phi) is 3.60. The zero-order valence-corrected chi connectivity index (χ0v) is 14.4. The molecule has 0 radical (unpaired) electrons. The van der Waals surface area contributed by atoms with Gasteiger partial charge in [0.2, 0.25) is 0 Å². The second-order valence-corrected chi connectivity index (χ2v) is 7.07. The van der Waals surface area contributed by atoms with Gasteiger partial charge >= 0.3 is 0 Å². The second-order valence-electron chi connectivity index (χ2n) is 7.07. The molecule has 1 saturated carbocycles. The van der Waals surface area contributed by atoms with Crippen molar-refractivity contribution in [3.8, 4) is 6.07 Å². The van der Waals surface area contributed by atoms with E-state index in [0.717, 1.165) is 41.9 Å². The van der Waals surface area contributed by atoms with Gasteiger partial charge in [0.25, 0.3) is 0 Å². The second kappa shape index (κ2) is 6.13. The maximum absolute atomic E-state index is 14.2. The summed E-state index contributed by atoms with van der Waals surface area (Å²) in [6, 6.07) is 5.15. The van der Waals surface area contributed by atoms with E-state index in [9.17, 15) is 4.39 Å². The fourth-order valence-electron chi connectivity index (χ4n) is 4.11. The number of pyridine rings is 1. The van der Waals surface area contributed by atoms with Gasteiger partial charge in [-0.1, -0.05) is 0 Å². The third-order valence-electron chi connectivity index (χ3n) is 5.40. The normalized spacial score (nSPS) is 19.7. The standard InChI is InChI=1S/C19H16FN7/c20-14-6-12(8-21)9-23-15(14)7-11-1-2-13(5-11)19-26-25-17-10-24-18-16(27(17)19)3-4-22-18/h3-4,6,9-11,13,22H,1-2,5,7H2/t11-,13+/m0/s1. The lowest BCUT2D eigenvalue weighted by molar-refractivity contribution is 0.500. The van der Waals surface area contributed by atoms with Gasteiger partial charge in [-0.25, -0.2) is 9.37 Å². The predicted molar refractivity (Wildman–Crippen MR) is 95.3 cm³/mol. The summed E-state index contributed by atoms with van der Waals surface area (Å²) in [6.45, 7) is 0. The van der Waals surface area contributed by atoms with Crippen LogP contribution in [0.25, 0.3) is 16.8 Å². The van der Waals surface area contributed by atoms with Crippen molar-refractivity contribution in [3.63, 3.8) is 0 Å². The van der Waals surface area contributed by atoms with E-state index in [1.165, 1.54) is 12.3 Å². The van der Waals surface area contributed by atoms with Gasteiger partial charge in [-0.15, -0.1) is 10.2 Å². The molecule has 0 amide bonds. The Morgan fingerprint density at radius 3 is 3.04 bits per heavy atom. The maximum atomic E-state index is 14.2. The summed E-state index contributed by atoms with van der Waals surface area (Å²) >= 11 is 0. The van der Waals surface area contributed by atoms with Gasteiger partial charge in [-0.2, -0.15) is 5.26 Å². The number of nitrogens with one attached hydrogen (secondary N) is 1. The van der Waals surface area contributed by atoms with Crippen LogP contribution >= 0.6 is 0 Å². The topological polar surface area (TPSA) is 95.5 Å². The molecule has 1 N–H and O–H groups in total. The minimum atomic E-state index is -0.398. The average molecular weight is 361 g/mol. The summed E-state index contributed by atoms with van der Waals surface area (Å²) in [7, 11) is 0. The zero-order chi connectivity index (χ0) is 18.4. The summed E-state index contributed by atoms with van der Waals surface area (Å²) in [5.74, 6) is 1.14.